The number of carbonyl (C=O) groups is 1. The number of nitrogens with one attached hydrogen (secondary N) is 1. The third-order valence-corrected chi connectivity index (χ3v) is 3.83. The molecule has 3 aromatic carbocycles. The van der Waals surface area contributed by atoms with E-state index >= 15 is 0 Å². The van der Waals surface area contributed by atoms with Crippen molar-refractivity contribution in [3.05, 3.63) is 77.3 Å². The van der Waals surface area contributed by atoms with Crippen LogP contribution in [0.15, 0.2) is 66.7 Å². The first-order valence-corrected chi connectivity index (χ1v) is 8.22. The zero-order valence-electron chi connectivity index (χ0n) is 13.5. The van der Waals surface area contributed by atoms with Gasteiger partial charge in [-0.25, -0.2) is 0 Å². The molecule has 0 saturated heterocycles. The van der Waals surface area contributed by atoms with Gasteiger partial charge in [-0.15, -0.1) is 0 Å². The van der Waals surface area contributed by atoms with Crippen LogP contribution < -0.4 is 10.1 Å². The van der Waals surface area contributed by atoms with E-state index in [2.05, 4.69) is 17.2 Å². The van der Waals surface area contributed by atoms with Crippen LogP contribution >= 0.6 is 11.6 Å². The Bertz CT molecular complexity index is 951. The largest absolute Gasteiger partial charge is 0.480 e. The first-order valence-electron chi connectivity index (χ1n) is 7.84. The van der Waals surface area contributed by atoms with Crippen molar-refractivity contribution in [2.45, 2.75) is 0 Å². The highest BCUT2D eigenvalue weighted by Gasteiger charge is 2.03. The molecule has 1 N–H and O–H groups in total. The fourth-order valence-corrected chi connectivity index (χ4v) is 2.60. The average Bonchev–Trinajstić information content (AvgIpc) is 2.64. The lowest BCUT2D eigenvalue weighted by Gasteiger charge is -2.06. The molecule has 4 heteroatoms. The summed E-state index contributed by atoms with van der Waals surface area (Å²) in [6, 6.07) is 20.7. The highest BCUT2D eigenvalue weighted by Crippen LogP contribution is 2.24. The van der Waals surface area contributed by atoms with Crippen molar-refractivity contribution in [3.8, 4) is 17.6 Å². The molecule has 3 aromatic rings. The number of halogens is 1. The fourth-order valence-electron chi connectivity index (χ4n) is 2.41. The average molecular weight is 350 g/mol. The number of benzene rings is 3. The summed E-state index contributed by atoms with van der Waals surface area (Å²) in [5, 5.41) is 5.44. The second-order valence-electron chi connectivity index (χ2n) is 5.31. The fraction of sp³-hybridized carbons (Fsp3) is 0.0952. The van der Waals surface area contributed by atoms with E-state index in [1.54, 1.807) is 24.3 Å². The number of carbonyl (C=O) groups excluding carboxylic acids is 1. The van der Waals surface area contributed by atoms with E-state index in [1.165, 1.54) is 0 Å². The normalized spacial score (nSPS) is 9.96. The number of hydrogen-bond acceptors (Lipinski definition) is 2. The molecule has 0 bridgehead atoms. The topological polar surface area (TPSA) is 38.3 Å². The van der Waals surface area contributed by atoms with Crippen LogP contribution in [0.25, 0.3) is 10.8 Å². The van der Waals surface area contributed by atoms with E-state index in [9.17, 15) is 4.79 Å². The van der Waals surface area contributed by atoms with Gasteiger partial charge in [0, 0.05) is 16.0 Å². The predicted molar refractivity (Wildman–Crippen MR) is 101 cm³/mol. The Kier molecular flexibility index (Phi) is 5.56. The lowest BCUT2D eigenvalue weighted by atomic mass is 10.1. The van der Waals surface area contributed by atoms with Gasteiger partial charge < -0.3 is 10.1 Å². The molecule has 1 amide bonds. The zero-order valence-corrected chi connectivity index (χ0v) is 14.2. The molecule has 0 aliphatic rings. The van der Waals surface area contributed by atoms with Crippen molar-refractivity contribution < 1.29 is 9.53 Å². The minimum absolute atomic E-state index is 0.202. The Hall–Kier alpha value is -2.96. The van der Waals surface area contributed by atoms with Crippen molar-refractivity contribution in [3.63, 3.8) is 0 Å². The Morgan fingerprint density at radius 2 is 1.80 bits per heavy atom. The van der Waals surface area contributed by atoms with Crippen molar-refractivity contribution in [1.82, 2.24) is 5.32 Å². The molecule has 3 rings (SSSR count). The molecule has 0 aliphatic carbocycles. The van der Waals surface area contributed by atoms with Crippen LogP contribution in [0.1, 0.15) is 10.4 Å². The van der Waals surface area contributed by atoms with Gasteiger partial charge in [-0.05, 0) is 29.7 Å². The molecule has 0 saturated carbocycles. The maximum Gasteiger partial charge on any atom is 0.252 e. The van der Waals surface area contributed by atoms with Crippen LogP contribution in [-0.4, -0.2) is 19.1 Å². The molecule has 0 fully saturated rings. The maximum absolute atomic E-state index is 11.9. The SMILES string of the molecule is O=C(NCC#CCOc1cccc2ccccc12)c1cccc(Cl)c1. The molecule has 0 radical (unpaired) electrons. The highest BCUT2D eigenvalue weighted by atomic mass is 35.5. The first-order chi connectivity index (χ1) is 12.2. The lowest BCUT2D eigenvalue weighted by Crippen LogP contribution is -2.23. The van der Waals surface area contributed by atoms with Crippen LogP contribution in [0.4, 0.5) is 0 Å². The standard InChI is InChI=1S/C21H16ClNO2/c22-18-10-5-9-17(15-18)21(24)23-13-3-4-14-25-20-12-6-8-16-7-1-2-11-19(16)20/h1-2,5-12,15H,13-14H2,(H,23,24). The highest BCUT2D eigenvalue weighted by molar-refractivity contribution is 6.30. The van der Waals surface area contributed by atoms with Gasteiger partial charge in [-0.3, -0.25) is 4.79 Å². The summed E-state index contributed by atoms with van der Waals surface area (Å²) in [6.07, 6.45) is 0. The molecule has 0 aromatic heterocycles. The molecule has 0 spiro atoms. The van der Waals surface area contributed by atoms with Gasteiger partial charge in [0.15, 0.2) is 0 Å². The molecular weight excluding hydrogens is 334 g/mol. The number of ether oxygens (including phenoxy) is 1. The maximum atomic E-state index is 11.9. The summed E-state index contributed by atoms with van der Waals surface area (Å²) in [6.45, 7) is 0.519. The van der Waals surface area contributed by atoms with Crippen LogP contribution in [-0.2, 0) is 0 Å². The van der Waals surface area contributed by atoms with Crippen molar-refractivity contribution >= 4 is 28.3 Å². The number of rotatable bonds is 4. The Labute approximate surface area is 151 Å². The van der Waals surface area contributed by atoms with Gasteiger partial charge in [0.2, 0.25) is 0 Å². The van der Waals surface area contributed by atoms with Gasteiger partial charge in [-0.2, -0.15) is 0 Å². The Morgan fingerprint density at radius 1 is 1.00 bits per heavy atom. The number of fused-ring (bicyclic) bond motifs is 1. The first kappa shape index (κ1) is 16.9. The summed E-state index contributed by atoms with van der Waals surface area (Å²) < 4.78 is 5.72. The van der Waals surface area contributed by atoms with E-state index < -0.39 is 0 Å². The van der Waals surface area contributed by atoms with Crippen molar-refractivity contribution in [2.75, 3.05) is 13.2 Å². The molecule has 3 nitrogen and oxygen atoms in total. The third kappa shape index (κ3) is 4.53. The van der Waals surface area contributed by atoms with Crippen LogP contribution in [0.2, 0.25) is 5.02 Å². The quantitative estimate of drug-likeness (QED) is 0.713. The summed E-state index contributed by atoms with van der Waals surface area (Å²) >= 11 is 5.87. The van der Waals surface area contributed by atoms with E-state index in [-0.39, 0.29) is 19.1 Å². The Morgan fingerprint density at radius 3 is 2.68 bits per heavy atom. The van der Waals surface area contributed by atoms with Crippen molar-refractivity contribution in [1.29, 1.82) is 0 Å². The second-order valence-corrected chi connectivity index (χ2v) is 5.75. The summed E-state index contributed by atoms with van der Waals surface area (Å²) in [5.41, 5.74) is 0.515. The van der Waals surface area contributed by atoms with E-state index in [4.69, 9.17) is 16.3 Å². The minimum Gasteiger partial charge on any atom is -0.480 e. The lowest BCUT2D eigenvalue weighted by molar-refractivity contribution is 0.0958. The summed E-state index contributed by atoms with van der Waals surface area (Å²) in [7, 11) is 0. The summed E-state index contributed by atoms with van der Waals surface area (Å²) in [5.74, 6) is 6.38. The number of hydrogen-bond donors (Lipinski definition) is 1. The molecule has 25 heavy (non-hydrogen) atoms. The molecule has 0 aliphatic heterocycles. The predicted octanol–water partition coefficient (Wildman–Crippen LogP) is 4.31. The molecule has 0 heterocycles. The van der Waals surface area contributed by atoms with Gasteiger partial charge in [-0.1, -0.05) is 65.9 Å². The summed E-state index contributed by atoms with van der Waals surface area (Å²) in [4.78, 5) is 11.9. The smallest absolute Gasteiger partial charge is 0.252 e. The zero-order chi connectivity index (χ0) is 17.5. The van der Waals surface area contributed by atoms with Gasteiger partial charge in [0.1, 0.15) is 12.4 Å². The van der Waals surface area contributed by atoms with E-state index in [0.717, 1.165) is 16.5 Å². The molecule has 124 valence electrons. The molecule has 0 atom stereocenters. The van der Waals surface area contributed by atoms with Crippen molar-refractivity contribution in [2.24, 2.45) is 0 Å². The monoisotopic (exact) mass is 349 g/mol. The van der Waals surface area contributed by atoms with E-state index in [0.29, 0.717) is 10.6 Å². The van der Waals surface area contributed by atoms with E-state index in [1.807, 2.05) is 42.5 Å². The second kappa shape index (κ2) is 8.23. The third-order valence-electron chi connectivity index (χ3n) is 3.60. The van der Waals surface area contributed by atoms with Gasteiger partial charge >= 0.3 is 0 Å². The molecule has 0 unspecified atom stereocenters. The van der Waals surface area contributed by atoms with Crippen LogP contribution in [0.3, 0.4) is 0 Å². The Balaban J connectivity index is 1.51. The van der Waals surface area contributed by atoms with Crippen LogP contribution in [0, 0.1) is 11.8 Å². The van der Waals surface area contributed by atoms with Gasteiger partial charge in [0.05, 0.1) is 6.54 Å². The number of amides is 1. The van der Waals surface area contributed by atoms with Crippen LogP contribution in [0.5, 0.6) is 5.75 Å². The molecular formula is C21H16ClNO2. The minimum atomic E-state index is -0.202. The van der Waals surface area contributed by atoms with Gasteiger partial charge in [0.25, 0.3) is 5.91 Å².